The quantitative estimate of drug-likeness (QED) is 0.448. The standard InChI is InChI=1S/C11H17N3O4S2/c1-8(5-6-19-2)13-20(17,18)11-4-3-9(14(15)16)7-10(11)12/h3-4,7-8,13H,5-6,12H2,1-2H3. The van der Waals surface area contributed by atoms with Crippen LogP contribution in [-0.4, -0.2) is 31.4 Å². The maximum atomic E-state index is 12.1. The number of sulfonamides is 1. The fraction of sp³-hybridized carbons (Fsp3) is 0.455. The normalized spacial score (nSPS) is 13.1. The average Bonchev–Trinajstić information content (AvgIpc) is 2.35. The Bertz CT molecular complexity index is 589. The van der Waals surface area contributed by atoms with Crippen LogP contribution >= 0.6 is 11.8 Å². The lowest BCUT2D eigenvalue weighted by atomic mass is 10.3. The molecule has 0 fully saturated rings. The molecule has 0 aliphatic carbocycles. The smallest absolute Gasteiger partial charge is 0.271 e. The van der Waals surface area contributed by atoms with Crippen LogP contribution in [0.1, 0.15) is 13.3 Å². The number of nitrogens with two attached hydrogens (primary N) is 1. The fourth-order valence-corrected chi connectivity index (χ4v) is 3.56. The Morgan fingerprint density at radius 2 is 2.15 bits per heavy atom. The summed E-state index contributed by atoms with van der Waals surface area (Å²) < 4.78 is 26.8. The molecule has 1 rings (SSSR count). The van der Waals surface area contributed by atoms with Crippen LogP contribution in [0.4, 0.5) is 11.4 Å². The maximum Gasteiger partial charge on any atom is 0.271 e. The van der Waals surface area contributed by atoms with Gasteiger partial charge in [-0.2, -0.15) is 11.8 Å². The first-order valence-corrected chi connectivity index (χ1v) is 8.71. The predicted octanol–water partition coefficient (Wildman–Crippen LogP) is 1.60. The van der Waals surface area contributed by atoms with Gasteiger partial charge in [0.1, 0.15) is 4.90 Å². The van der Waals surface area contributed by atoms with E-state index in [2.05, 4.69) is 4.72 Å². The molecule has 0 bridgehead atoms. The van der Waals surface area contributed by atoms with Crippen LogP contribution in [0.15, 0.2) is 23.1 Å². The van der Waals surface area contributed by atoms with Crippen LogP contribution in [0.25, 0.3) is 0 Å². The van der Waals surface area contributed by atoms with Crippen LogP contribution in [0.5, 0.6) is 0 Å². The Kier molecular flexibility index (Phi) is 5.78. The zero-order valence-electron chi connectivity index (χ0n) is 11.2. The van der Waals surface area contributed by atoms with Crippen molar-refractivity contribution < 1.29 is 13.3 Å². The number of hydrogen-bond donors (Lipinski definition) is 2. The van der Waals surface area contributed by atoms with Gasteiger partial charge in [0, 0.05) is 18.2 Å². The van der Waals surface area contributed by atoms with E-state index >= 15 is 0 Å². The van der Waals surface area contributed by atoms with Gasteiger partial charge in [-0.05, 0) is 31.4 Å². The van der Waals surface area contributed by atoms with Gasteiger partial charge in [-0.1, -0.05) is 0 Å². The Balaban J connectivity index is 2.95. The number of nitrogens with one attached hydrogen (secondary N) is 1. The second-order valence-corrected chi connectivity index (χ2v) is 6.95. The second-order valence-electron chi connectivity index (χ2n) is 4.28. The molecule has 1 unspecified atom stereocenters. The van der Waals surface area contributed by atoms with Crippen molar-refractivity contribution in [3.63, 3.8) is 0 Å². The van der Waals surface area contributed by atoms with Gasteiger partial charge in [0.15, 0.2) is 0 Å². The molecule has 1 atom stereocenters. The van der Waals surface area contributed by atoms with Crippen molar-refractivity contribution in [2.75, 3.05) is 17.7 Å². The summed E-state index contributed by atoms with van der Waals surface area (Å²) in [7, 11) is -3.77. The highest BCUT2D eigenvalue weighted by atomic mass is 32.2. The van der Waals surface area contributed by atoms with Gasteiger partial charge in [0.25, 0.3) is 5.69 Å². The lowest BCUT2D eigenvalue weighted by Gasteiger charge is -2.14. The lowest BCUT2D eigenvalue weighted by Crippen LogP contribution is -2.33. The zero-order valence-corrected chi connectivity index (χ0v) is 12.8. The molecule has 7 nitrogen and oxygen atoms in total. The number of anilines is 1. The molecule has 0 saturated carbocycles. The summed E-state index contributed by atoms with van der Waals surface area (Å²) in [6.45, 7) is 1.76. The SMILES string of the molecule is CSCCC(C)NS(=O)(=O)c1ccc([N+](=O)[O-])cc1N. The first kappa shape index (κ1) is 16.7. The minimum atomic E-state index is -3.77. The molecule has 9 heteroatoms. The first-order valence-electron chi connectivity index (χ1n) is 5.83. The first-order chi connectivity index (χ1) is 9.27. The van der Waals surface area contributed by atoms with Crippen LogP contribution in [0, 0.1) is 10.1 Å². The highest BCUT2D eigenvalue weighted by Gasteiger charge is 2.21. The predicted molar refractivity (Wildman–Crippen MR) is 80.3 cm³/mol. The number of hydrogen-bond acceptors (Lipinski definition) is 6. The number of nitrogens with zero attached hydrogens (tertiary/aromatic N) is 1. The highest BCUT2D eigenvalue weighted by Crippen LogP contribution is 2.24. The Morgan fingerprint density at radius 1 is 1.50 bits per heavy atom. The van der Waals surface area contributed by atoms with Crippen molar-refractivity contribution in [3.05, 3.63) is 28.3 Å². The van der Waals surface area contributed by atoms with E-state index in [1.54, 1.807) is 18.7 Å². The average molecular weight is 319 g/mol. The van der Waals surface area contributed by atoms with Crippen molar-refractivity contribution >= 4 is 33.2 Å². The van der Waals surface area contributed by atoms with Crippen molar-refractivity contribution in [1.82, 2.24) is 4.72 Å². The van der Waals surface area contributed by atoms with Gasteiger partial charge in [-0.15, -0.1) is 0 Å². The van der Waals surface area contributed by atoms with Crippen molar-refractivity contribution in [2.24, 2.45) is 0 Å². The lowest BCUT2D eigenvalue weighted by molar-refractivity contribution is -0.384. The molecule has 3 N–H and O–H groups in total. The number of rotatable bonds is 7. The molecule has 0 heterocycles. The van der Waals surface area contributed by atoms with Gasteiger partial charge in [-0.3, -0.25) is 10.1 Å². The molecular formula is C11H17N3O4S2. The van der Waals surface area contributed by atoms with Gasteiger partial charge < -0.3 is 5.73 Å². The second kappa shape index (κ2) is 6.91. The minimum Gasteiger partial charge on any atom is -0.397 e. The topological polar surface area (TPSA) is 115 Å². The fourth-order valence-electron chi connectivity index (χ4n) is 1.58. The maximum absolute atomic E-state index is 12.1. The van der Waals surface area contributed by atoms with E-state index in [0.29, 0.717) is 6.42 Å². The molecule has 112 valence electrons. The third-order valence-electron chi connectivity index (χ3n) is 2.61. The van der Waals surface area contributed by atoms with Gasteiger partial charge in [0.05, 0.1) is 10.6 Å². The Morgan fingerprint density at radius 3 is 2.65 bits per heavy atom. The molecule has 1 aromatic carbocycles. The number of non-ortho nitro benzene ring substituents is 1. The summed E-state index contributed by atoms with van der Waals surface area (Å²) >= 11 is 1.63. The summed E-state index contributed by atoms with van der Waals surface area (Å²) in [6.07, 6.45) is 2.63. The number of benzene rings is 1. The number of nitro groups is 1. The summed E-state index contributed by atoms with van der Waals surface area (Å²) in [5.74, 6) is 0.833. The summed E-state index contributed by atoms with van der Waals surface area (Å²) in [6, 6.07) is 3.08. The molecular weight excluding hydrogens is 302 g/mol. The van der Waals surface area contributed by atoms with E-state index in [0.717, 1.165) is 24.0 Å². The van der Waals surface area contributed by atoms with E-state index in [9.17, 15) is 18.5 Å². The molecule has 0 radical (unpaired) electrons. The molecule has 0 saturated heterocycles. The Labute approximate surface area is 122 Å². The van der Waals surface area contributed by atoms with Crippen LogP contribution < -0.4 is 10.5 Å². The van der Waals surface area contributed by atoms with Gasteiger partial charge >= 0.3 is 0 Å². The highest BCUT2D eigenvalue weighted by molar-refractivity contribution is 7.98. The third kappa shape index (κ3) is 4.36. The summed E-state index contributed by atoms with van der Waals surface area (Å²) in [5, 5.41) is 10.6. The van der Waals surface area contributed by atoms with Crippen LogP contribution in [-0.2, 0) is 10.0 Å². The van der Waals surface area contributed by atoms with Crippen LogP contribution in [0.3, 0.4) is 0 Å². The van der Waals surface area contributed by atoms with E-state index in [-0.39, 0.29) is 22.3 Å². The molecule has 0 aromatic heterocycles. The van der Waals surface area contributed by atoms with Gasteiger partial charge in [-0.25, -0.2) is 13.1 Å². The van der Waals surface area contributed by atoms with E-state index in [1.165, 1.54) is 0 Å². The summed E-state index contributed by atoms with van der Waals surface area (Å²) in [5.41, 5.74) is 5.22. The molecule has 20 heavy (non-hydrogen) atoms. The van der Waals surface area contributed by atoms with Crippen LogP contribution in [0.2, 0.25) is 0 Å². The van der Waals surface area contributed by atoms with Crippen molar-refractivity contribution in [1.29, 1.82) is 0 Å². The molecule has 0 aliphatic rings. The minimum absolute atomic E-state index is 0.135. The number of nitro benzene ring substituents is 1. The van der Waals surface area contributed by atoms with E-state index < -0.39 is 14.9 Å². The molecule has 0 amide bonds. The number of thioether (sulfide) groups is 1. The number of nitrogen functional groups attached to an aromatic ring is 1. The summed E-state index contributed by atoms with van der Waals surface area (Å²) in [4.78, 5) is 9.83. The largest absolute Gasteiger partial charge is 0.397 e. The molecule has 0 spiro atoms. The van der Waals surface area contributed by atoms with Crippen molar-refractivity contribution in [2.45, 2.75) is 24.3 Å². The zero-order chi connectivity index (χ0) is 15.3. The van der Waals surface area contributed by atoms with Crippen molar-refractivity contribution in [3.8, 4) is 0 Å². The Hall–Kier alpha value is -1.32. The van der Waals surface area contributed by atoms with Gasteiger partial charge in [0.2, 0.25) is 10.0 Å². The molecule has 1 aromatic rings. The molecule has 0 aliphatic heterocycles. The van der Waals surface area contributed by atoms with E-state index in [4.69, 9.17) is 5.73 Å². The van der Waals surface area contributed by atoms with E-state index in [1.807, 2.05) is 6.26 Å². The monoisotopic (exact) mass is 319 g/mol. The third-order valence-corrected chi connectivity index (χ3v) is 4.91.